The van der Waals surface area contributed by atoms with E-state index in [-0.39, 0.29) is 35.3 Å². The number of thioether (sulfide) groups is 2. The van der Waals surface area contributed by atoms with Crippen molar-refractivity contribution in [2.45, 2.75) is 13.0 Å². The van der Waals surface area contributed by atoms with E-state index in [0.717, 1.165) is 42.9 Å². The molecule has 1 heterocycles. The van der Waals surface area contributed by atoms with Crippen molar-refractivity contribution in [2.75, 3.05) is 22.7 Å². The van der Waals surface area contributed by atoms with Gasteiger partial charge in [-0.3, -0.25) is 0 Å². The van der Waals surface area contributed by atoms with Gasteiger partial charge >= 0.3 is 29.6 Å². The fourth-order valence-corrected chi connectivity index (χ4v) is 6.70. The van der Waals surface area contributed by atoms with Crippen LogP contribution < -0.4 is 34.5 Å². The molecule has 0 saturated heterocycles. The van der Waals surface area contributed by atoms with Crippen molar-refractivity contribution in [1.82, 2.24) is 0 Å². The summed E-state index contributed by atoms with van der Waals surface area (Å²) >= 11 is 9.35. The van der Waals surface area contributed by atoms with E-state index in [1.165, 1.54) is 0 Å². The zero-order valence-electron chi connectivity index (χ0n) is 19.0. The molecule has 4 rings (SSSR count). The second-order valence-electron chi connectivity index (χ2n) is 7.58. The molecule has 3 aromatic carbocycles. The quantitative estimate of drug-likeness (QED) is 0.247. The molecule has 3 aromatic rings. The monoisotopic (exact) mass is 539 g/mol. The third kappa shape index (κ3) is 6.65. The van der Waals surface area contributed by atoms with Crippen molar-refractivity contribution >= 4 is 62.2 Å². The number of anilines is 2. The SMILES string of the molecule is CSC(SCCCS(=O)(=O)[O-])=C1c2ccccc2N(Cc2ccc(Cl)cc2)c2ccccc21.[Na+]. The van der Waals surface area contributed by atoms with Crippen molar-refractivity contribution in [2.24, 2.45) is 0 Å². The molecule has 0 unspecified atom stereocenters. The minimum Gasteiger partial charge on any atom is -0.748 e. The summed E-state index contributed by atoms with van der Waals surface area (Å²) in [7, 11) is -4.19. The number of para-hydroxylation sites is 2. The Bertz CT molecular complexity index is 1230. The molecule has 0 aromatic heterocycles. The number of hydrogen-bond acceptors (Lipinski definition) is 6. The van der Waals surface area contributed by atoms with Crippen LogP contribution in [0.5, 0.6) is 0 Å². The van der Waals surface area contributed by atoms with Crippen LogP contribution in [0.2, 0.25) is 5.02 Å². The Balaban J connectivity index is 0.00000324. The van der Waals surface area contributed by atoms with Gasteiger partial charge in [0.05, 0.1) is 10.1 Å². The summed E-state index contributed by atoms with van der Waals surface area (Å²) in [5.41, 5.74) is 6.83. The molecule has 0 atom stereocenters. The average Bonchev–Trinajstić information content (AvgIpc) is 2.80. The van der Waals surface area contributed by atoms with E-state index < -0.39 is 10.1 Å². The van der Waals surface area contributed by atoms with Crippen LogP contribution in [0.1, 0.15) is 23.1 Å². The van der Waals surface area contributed by atoms with Gasteiger partial charge in [-0.05, 0) is 48.3 Å². The first kappa shape index (κ1) is 27.7. The minimum atomic E-state index is -4.19. The predicted octanol–water partition coefficient (Wildman–Crippen LogP) is 3.74. The summed E-state index contributed by atoms with van der Waals surface area (Å²) < 4.78 is 34.1. The Morgan fingerprint density at radius 1 is 0.941 bits per heavy atom. The molecule has 0 spiro atoms. The molecule has 9 heteroatoms. The van der Waals surface area contributed by atoms with Gasteiger partial charge in [0.15, 0.2) is 0 Å². The van der Waals surface area contributed by atoms with Gasteiger partial charge in [0.1, 0.15) is 0 Å². The topological polar surface area (TPSA) is 60.4 Å². The fourth-order valence-electron chi connectivity index (χ4n) is 3.91. The van der Waals surface area contributed by atoms with Gasteiger partial charge in [0, 0.05) is 49.6 Å². The van der Waals surface area contributed by atoms with Crippen LogP contribution in [-0.4, -0.2) is 30.7 Å². The average molecular weight is 540 g/mol. The summed E-state index contributed by atoms with van der Waals surface area (Å²) in [6.07, 6.45) is 2.37. The normalized spacial score (nSPS) is 12.6. The van der Waals surface area contributed by atoms with Crippen LogP contribution in [0, 0.1) is 0 Å². The van der Waals surface area contributed by atoms with Crippen molar-refractivity contribution in [3.8, 4) is 0 Å². The van der Waals surface area contributed by atoms with E-state index >= 15 is 0 Å². The molecule has 1 aliphatic rings. The van der Waals surface area contributed by atoms with Crippen LogP contribution in [0.3, 0.4) is 0 Å². The Labute approximate surface area is 237 Å². The van der Waals surface area contributed by atoms with E-state index in [1.807, 2.05) is 54.8 Å². The number of halogens is 1. The van der Waals surface area contributed by atoms with Crippen LogP contribution in [0.25, 0.3) is 5.57 Å². The van der Waals surface area contributed by atoms with E-state index in [4.69, 9.17) is 11.6 Å². The Hall–Kier alpha value is -0.900. The molecular weight excluding hydrogens is 517 g/mol. The second kappa shape index (κ2) is 12.4. The molecule has 0 N–H and O–H groups in total. The molecule has 4 nitrogen and oxygen atoms in total. The number of hydrogen-bond donors (Lipinski definition) is 0. The molecule has 1 aliphatic heterocycles. The van der Waals surface area contributed by atoms with E-state index in [9.17, 15) is 13.0 Å². The zero-order chi connectivity index (χ0) is 23.4. The first-order valence-electron chi connectivity index (χ1n) is 10.4. The largest absolute Gasteiger partial charge is 1.00 e. The molecule has 0 saturated carbocycles. The summed E-state index contributed by atoms with van der Waals surface area (Å²) in [6, 6.07) is 24.6. The molecular formula is C25H23ClNNaO3S3. The standard InChI is InChI=1S/C25H24ClNO3S3.Na/c1-31-25(32-15-6-16-33(28,29)30)24-20-7-2-4-9-22(20)27(23-10-5-3-8-21(23)24)17-18-11-13-19(26)14-12-18;/h2-5,7-14H,6,15-17H2,1H3,(H,28,29,30);/q;+1/p-1. The molecule has 172 valence electrons. The van der Waals surface area contributed by atoms with E-state index in [1.54, 1.807) is 23.5 Å². The van der Waals surface area contributed by atoms with E-state index in [0.29, 0.717) is 18.7 Å². The van der Waals surface area contributed by atoms with Crippen LogP contribution in [-0.2, 0) is 16.7 Å². The second-order valence-corrected chi connectivity index (χ2v) is 11.7. The summed E-state index contributed by atoms with van der Waals surface area (Å²) in [5, 5.41) is 0.717. The third-order valence-electron chi connectivity index (χ3n) is 5.34. The van der Waals surface area contributed by atoms with Gasteiger partial charge < -0.3 is 9.45 Å². The van der Waals surface area contributed by atoms with Gasteiger partial charge in [-0.15, -0.1) is 23.5 Å². The number of nitrogens with zero attached hydrogens (tertiary/aromatic N) is 1. The fraction of sp³-hybridized carbons (Fsp3) is 0.200. The maximum Gasteiger partial charge on any atom is 1.00 e. The van der Waals surface area contributed by atoms with Gasteiger partial charge in [0.2, 0.25) is 0 Å². The first-order chi connectivity index (χ1) is 15.9. The summed E-state index contributed by atoms with van der Waals surface area (Å²) in [5.74, 6) is 0.235. The van der Waals surface area contributed by atoms with Crippen molar-refractivity contribution in [1.29, 1.82) is 0 Å². The molecule has 0 radical (unpaired) electrons. The molecule has 0 fully saturated rings. The Morgan fingerprint density at radius 2 is 1.50 bits per heavy atom. The zero-order valence-corrected chi connectivity index (χ0v) is 24.2. The number of fused-ring (bicyclic) bond motifs is 2. The maximum atomic E-state index is 11.0. The molecule has 0 amide bonds. The van der Waals surface area contributed by atoms with Gasteiger partial charge in [-0.25, -0.2) is 8.42 Å². The van der Waals surface area contributed by atoms with Crippen molar-refractivity contribution in [3.05, 3.63) is 98.7 Å². The number of benzene rings is 3. The number of rotatable bonds is 8. The predicted molar refractivity (Wildman–Crippen MR) is 141 cm³/mol. The van der Waals surface area contributed by atoms with Crippen LogP contribution in [0.15, 0.2) is 77.0 Å². The summed E-state index contributed by atoms with van der Waals surface area (Å²) in [4.78, 5) is 2.32. The molecule has 34 heavy (non-hydrogen) atoms. The Kier molecular flexibility index (Phi) is 10.1. The van der Waals surface area contributed by atoms with Crippen molar-refractivity contribution < 1.29 is 42.5 Å². The minimum absolute atomic E-state index is 0. The Morgan fingerprint density at radius 3 is 2.03 bits per heavy atom. The molecule has 0 bridgehead atoms. The van der Waals surface area contributed by atoms with E-state index in [2.05, 4.69) is 29.2 Å². The third-order valence-corrected chi connectivity index (χ3v) is 8.77. The maximum absolute atomic E-state index is 11.0. The molecule has 0 aliphatic carbocycles. The van der Waals surface area contributed by atoms with Gasteiger partial charge in [-0.1, -0.05) is 60.1 Å². The van der Waals surface area contributed by atoms with Crippen LogP contribution >= 0.6 is 35.1 Å². The first-order valence-corrected chi connectivity index (χ1v) is 14.6. The van der Waals surface area contributed by atoms with Gasteiger partial charge in [0.25, 0.3) is 0 Å². The smallest absolute Gasteiger partial charge is 0.748 e. The van der Waals surface area contributed by atoms with Gasteiger partial charge in [-0.2, -0.15) is 0 Å². The summed E-state index contributed by atoms with van der Waals surface area (Å²) in [6.45, 7) is 0.710. The van der Waals surface area contributed by atoms with Crippen molar-refractivity contribution in [3.63, 3.8) is 0 Å². The van der Waals surface area contributed by atoms with Crippen LogP contribution in [0.4, 0.5) is 11.4 Å².